The molecular weight excluding hydrogens is 416 g/mol. The van der Waals surface area contributed by atoms with E-state index >= 15 is 0 Å². The minimum atomic E-state index is -0.528. The van der Waals surface area contributed by atoms with E-state index in [2.05, 4.69) is 21.2 Å². The van der Waals surface area contributed by atoms with Gasteiger partial charge in [0.1, 0.15) is 11.5 Å². The van der Waals surface area contributed by atoms with Crippen molar-refractivity contribution in [2.24, 2.45) is 0 Å². The fraction of sp³-hybridized carbons (Fsp3) is 0.346. The summed E-state index contributed by atoms with van der Waals surface area (Å²) in [5.41, 5.74) is 4.00. The fourth-order valence-electron chi connectivity index (χ4n) is 4.10. The average Bonchev–Trinajstić information content (AvgIpc) is 2.83. The Balaban J connectivity index is 1.33. The molecule has 0 bridgehead atoms. The van der Waals surface area contributed by atoms with Crippen molar-refractivity contribution in [1.82, 2.24) is 15.1 Å². The quantitative estimate of drug-likeness (QED) is 0.572. The van der Waals surface area contributed by atoms with E-state index < -0.39 is 6.10 Å². The van der Waals surface area contributed by atoms with Crippen LogP contribution in [0.15, 0.2) is 54.6 Å². The average molecular weight is 447 g/mol. The number of hydrogen-bond donors (Lipinski definition) is 0. The lowest BCUT2D eigenvalue weighted by Crippen LogP contribution is -2.52. The number of amides is 1. The van der Waals surface area contributed by atoms with Crippen LogP contribution in [0.4, 0.5) is 5.82 Å². The lowest BCUT2D eigenvalue weighted by Gasteiger charge is -2.36. The van der Waals surface area contributed by atoms with Crippen LogP contribution in [0.5, 0.6) is 11.5 Å². The monoisotopic (exact) mass is 446 g/mol. The second-order valence-electron chi connectivity index (χ2n) is 8.40. The standard InChI is InChI=1S/C26H30N4O3/c1-18-14-19(2)16-23(15-18)33-20(3)26(31)30-12-10-29(11-13-30)25-9-8-24(27-28-25)21-6-5-7-22(17-21)32-4/h5-9,14-17,20H,10-13H2,1-4H3. The molecule has 2 heterocycles. The number of methoxy groups -OCH3 is 1. The summed E-state index contributed by atoms with van der Waals surface area (Å²) >= 11 is 0. The summed E-state index contributed by atoms with van der Waals surface area (Å²) in [6.45, 7) is 8.52. The Kier molecular flexibility index (Phi) is 6.77. The molecule has 1 aliphatic rings. The molecule has 0 saturated carbocycles. The Morgan fingerprint density at radius 3 is 2.27 bits per heavy atom. The van der Waals surface area contributed by atoms with Crippen LogP contribution in [0.3, 0.4) is 0 Å². The minimum Gasteiger partial charge on any atom is -0.497 e. The van der Waals surface area contributed by atoms with Gasteiger partial charge in [0.15, 0.2) is 11.9 Å². The third kappa shape index (κ3) is 5.42. The topological polar surface area (TPSA) is 67.8 Å². The van der Waals surface area contributed by atoms with Gasteiger partial charge in [-0.05, 0) is 68.3 Å². The van der Waals surface area contributed by atoms with Gasteiger partial charge in [0.25, 0.3) is 5.91 Å². The van der Waals surface area contributed by atoms with Crippen molar-refractivity contribution in [3.63, 3.8) is 0 Å². The van der Waals surface area contributed by atoms with Crippen LogP contribution >= 0.6 is 0 Å². The van der Waals surface area contributed by atoms with Crippen molar-refractivity contribution in [2.45, 2.75) is 26.9 Å². The van der Waals surface area contributed by atoms with Gasteiger partial charge in [-0.2, -0.15) is 0 Å². The van der Waals surface area contributed by atoms with E-state index in [1.165, 1.54) is 0 Å². The maximum absolute atomic E-state index is 12.9. The van der Waals surface area contributed by atoms with E-state index in [0.717, 1.165) is 39.7 Å². The number of hydrogen-bond acceptors (Lipinski definition) is 6. The Labute approximate surface area is 195 Å². The first-order valence-corrected chi connectivity index (χ1v) is 11.2. The molecule has 1 aliphatic heterocycles. The predicted octanol–water partition coefficient (Wildman–Crippen LogP) is 3.89. The molecule has 1 fully saturated rings. The molecule has 3 aromatic rings. The van der Waals surface area contributed by atoms with Gasteiger partial charge in [0.2, 0.25) is 0 Å². The van der Waals surface area contributed by atoms with Gasteiger partial charge in [-0.1, -0.05) is 18.2 Å². The molecule has 172 valence electrons. The van der Waals surface area contributed by atoms with Crippen LogP contribution < -0.4 is 14.4 Å². The molecule has 0 spiro atoms. The molecule has 33 heavy (non-hydrogen) atoms. The number of carbonyl (C=O) groups is 1. The van der Waals surface area contributed by atoms with E-state index in [9.17, 15) is 4.79 Å². The number of benzene rings is 2. The highest BCUT2D eigenvalue weighted by molar-refractivity contribution is 5.81. The summed E-state index contributed by atoms with van der Waals surface area (Å²) in [5, 5.41) is 8.81. The SMILES string of the molecule is COc1cccc(-c2ccc(N3CCN(C(=O)C(C)Oc4cc(C)cc(C)c4)CC3)nn2)c1. The zero-order chi connectivity index (χ0) is 23.4. The van der Waals surface area contributed by atoms with Gasteiger partial charge in [-0.3, -0.25) is 4.79 Å². The Bertz CT molecular complexity index is 1090. The Hall–Kier alpha value is -3.61. The largest absolute Gasteiger partial charge is 0.497 e. The molecule has 4 rings (SSSR count). The van der Waals surface area contributed by atoms with E-state index in [1.807, 2.05) is 74.2 Å². The highest BCUT2D eigenvalue weighted by Gasteiger charge is 2.26. The summed E-state index contributed by atoms with van der Waals surface area (Å²) < 4.78 is 11.2. The fourth-order valence-corrected chi connectivity index (χ4v) is 4.10. The van der Waals surface area contributed by atoms with Crippen LogP contribution in [-0.4, -0.2) is 60.4 Å². The van der Waals surface area contributed by atoms with Gasteiger partial charge in [0, 0.05) is 31.7 Å². The van der Waals surface area contributed by atoms with Crippen LogP contribution in [0, 0.1) is 13.8 Å². The maximum Gasteiger partial charge on any atom is 0.263 e. The summed E-state index contributed by atoms with van der Waals surface area (Å²) in [4.78, 5) is 16.9. The lowest BCUT2D eigenvalue weighted by molar-refractivity contribution is -0.138. The van der Waals surface area contributed by atoms with Gasteiger partial charge in [-0.15, -0.1) is 10.2 Å². The third-order valence-corrected chi connectivity index (χ3v) is 5.79. The van der Waals surface area contributed by atoms with Crippen molar-refractivity contribution in [2.75, 3.05) is 38.2 Å². The van der Waals surface area contributed by atoms with Crippen LogP contribution in [0.1, 0.15) is 18.1 Å². The molecule has 7 nitrogen and oxygen atoms in total. The van der Waals surface area contributed by atoms with Crippen molar-refractivity contribution < 1.29 is 14.3 Å². The van der Waals surface area contributed by atoms with Crippen LogP contribution in [0.2, 0.25) is 0 Å². The maximum atomic E-state index is 12.9. The highest BCUT2D eigenvalue weighted by atomic mass is 16.5. The Morgan fingerprint density at radius 2 is 1.64 bits per heavy atom. The summed E-state index contributed by atoms with van der Waals surface area (Å²) in [7, 11) is 1.65. The first kappa shape index (κ1) is 22.6. The minimum absolute atomic E-state index is 0.00765. The van der Waals surface area contributed by atoms with Gasteiger partial charge in [-0.25, -0.2) is 0 Å². The zero-order valence-electron chi connectivity index (χ0n) is 19.6. The molecule has 1 unspecified atom stereocenters. The number of nitrogens with zero attached hydrogens (tertiary/aromatic N) is 4. The number of ether oxygens (including phenoxy) is 2. The first-order valence-electron chi connectivity index (χ1n) is 11.2. The molecule has 1 amide bonds. The van der Waals surface area contributed by atoms with Crippen LogP contribution in [0.25, 0.3) is 11.3 Å². The number of rotatable bonds is 6. The van der Waals surface area contributed by atoms with Crippen molar-refractivity contribution in [3.8, 4) is 22.8 Å². The zero-order valence-corrected chi connectivity index (χ0v) is 19.6. The van der Waals surface area contributed by atoms with E-state index in [0.29, 0.717) is 26.2 Å². The van der Waals surface area contributed by atoms with E-state index in [4.69, 9.17) is 9.47 Å². The number of anilines is 1. The molecule has 2 aromatic carbocycles. The van der Waals surface area contributed by atoms with Crippen molar-refractivity contribution in [1.29, 1.82) is 0 Å². The predicted molar refractivity (Wildman–Crippen MR) is 129 cm³/mol. The van der Waals surface area contributed by atoms with E-state index in [-0.39, 0.29) is 5.91 Å². The van der Waals surface area contributed by atoms with Crippen LogP contribution in [-0.2, 0) is 4.79 Å². The molecule has 0 N–H and O–H groups in total. The molecule has 1 atom stereocenters. The number of aromatic nitrogens is 2. The normalized spacial score (nSPS) is 14.7. The number of piperazine rings is 1. The highest BCUT2D eigenvalue weighted by Crippen LogP contribution is 2.23. The van der Waals surface area contributed by atoms with E-state index in [1.54, 1.807) is 7.11 Å². The van der Waals surface area contributed by atoms with Gasteiger partial charge >= 0.3 is 0 Å². The van der Waals surface area contributed by atoms with Gasteiger partial charge < -0.3 is 19.3 Å². The number of aryl methyl sites for hydroxylation is 2. The Morgan fingerprint density at radius 1 is 0.909 bits per heavy atom. The summed E-state index contributed by atoms with van der Waals surface area (Å²) in [5.74, 6) is 2.34. The molecule has 0 aliphatic carbocycles. The van der Waals surface area contributed by atoms with Crippen molar-refractivity contribution >= 4 is 11.7 Å². The second-order valence-corrected chi connectivity index (χ2v) is 8.40. The molecule has 1 saturated heterocycles. The summed E-state index contributed by atoms with van der Waals surface area (Å²) in [6, 6.07) is 17.7. The number of carbonyl (C=O) groups excluding carboxylic acids is 1. The molecular formula is C26H30N4O3. The molecule has 1 aromatic heterocycles. The smallest absolute Gasteiger partial charge is 0.263 e. The third-order valence-electron chi connectivity index (χ3n) is 5.79. The summed E-state index contributed by atoms with van der Waals surface area (Å²) in [6.07, 6.45) is -0.528. The first-order chi connectivity index (χ1) is 15.9. The lowest BCUT2D eigenvalue weighted by atomic mass is 10.1. The van der Waals surface area contributed by atoms with Gasteiger partial charge in [0.05, 0.1) is 12.8 Å². The second kappa shape index (κ2) is 9.90. The molecule has 0 radical (unpaired) electrons. The van der Waals surface area contributed by atoms with Crippen molar-refractivity contribution in [3.05, 3.63) is 65.7 Å². The molecule has 7 heteroatoms.